The molecule has 0 spiro atoms. The summed E-state index contributed by atoms with van der Waals surface area (Å²) in [4.78, 5) is 0. The average molecular weight is 337 g/mol. The lowest BCUT2D eigenvalue weighted by Gasteiger charge is -2.30. The third-order valence-corrected chi connectivity index (χ3v) is 4.94. The van der Waals surface area contributed by atoms with Gasteiger partial charge in [0.1, 0.15) is 0 Å². The van der Waals surface area contributed by atoms with Gasteiger partial charge in [0.2, 0.25) is 0 Å². The van der Waals surface area contributed by atoms with E-state index in [2.05, 4.69) is 97.9 Å². The molecule has 0 aromatic heterocycles. The van der Waals surface area contributed by atoms with Gasteiger partial charge in [-0.3, -0.25) is 0 Å². The number of benzene rings is 2. The summed E-state index contributed by atoms with van der Waals surface area (Å²) in [6.07, 6.45) is 4.86. The average Bonchev–Trinajstić information content (AvgIpc) is 2.51. The Balaban J connectivity index is 2.82. The molecule has 136 valence electrons. The first-order valence-electron chi connectivity index (χ1n) is 9.77. The van der Waals surface area contributed by atoms with Gasteiger partial charge in [-0.25, -0.2) is 0 Å². The predicted octanol–water partition coefficient (Wildman–Crippen LogP) is 7.90. The van der Waals surface area contributed by atoms with Crippen molar-refractivity contribution in [2.75, 3.05) is 0 Å². The van der Waals surface area contributed by atoms with Crippen molar-refractivity contribution in [3.05, 3.63) is 53.6 Å². The van der Waals surface area contributed by atoms with Gasteiger partial charge < -0.3 is 0 Å². The highest BCUT2D eigenvalue weighted by molar-refractivity contribution is 5.96. The van der Waals surface area contributed by atoms with Gasteiger partial charge in [0.05, 0.1) is 0 Å². The summed E-state index contributed by atoms with van der Waals surface area (Å²) < 4.78 is 0. The Hall–Kier alpha value is -1.56. The molecule has 25 heavy (non-hydrogen) atoms. The molecule has 2 aromatic carbocycles. The highest BCUT2D eigenvalue weighted by Crippen LogP contribution is 2.42. The molecule has 2 rings (SSSR count). The molecule has 0 aliphatic rings. The van der Waals surface area contributed by atoms with E-state index < -0.39 is 0 Å². The summed E-state index contributed by atoms with van der Waals surface area (Å²) in [5.41, 5.74) is 4.73. The van der Waals surface area contributed by atoms with Gasteiger partial charge in [0.15, 0.2) is 0 Å². The second-order valence-electron chi connectivity index (χ2n) is 9.71. The number of hydrogen-bond donors (Lipinski definition) is 0. The van der Waals surface area contributed by atoms with Crippen LogP contribution in [0.4, 0.5) is 0 Å². The fraction of sp³-hybridized carbons (Fsp3) is 0.520. The van der Waals surface area contributed by atoms with Crippen LogP contribution in [0.5, 0.6) is 0 Å². The van der Waals surface area contributed by atoms with Crippen LogP contribution in [-0.2, 0) is 6.42 Å². The van der Waals surface area contributed by atoms with Crippen molar-refractivity contribution in [3.63, 3.8) is 0 Å². The first-order chi connectivity index (χ1) is 11.5. The Kier molecular flexibility index (Phi) is 5.82. The molecule has 0 unspecified atom stereocenters. The maximum Gasteiger partial charge on any atom is -0.0106 e. The SMILES string of the molecule is CC[C@@H](C)Cc1ccc2ccccc2c1C(=CC(C)(C)C)C(C)(C)C. The minimum atomic E-state index is 0.113. The smallest absolute Gasteiger partial charge is 0.0106 e. The molecular formula is C25H36. The molecule has 0 saturated carbocycles. The van der Waals surface area contributed by atoms with Gasteiger partial charge in [-0.2, -0.15) is 0 Å². The van der Waals surface area contributed by atoms with E-state index in [4.69, 9.17) is 0 Å². The topological polar surface area (TPSA) is 0 Å². The highest BCUT2D eigenvalue weighted by atomic mass is 14.3. The molecule has 0 nitrogen and oxygen atoms in total. The minimum Gasteiger partial charge on any atom is -0.0748 e. The van der Waals surface area contributed by atoms with Crippen LogP contribution in [-0.4, -0.2) is 0 Å². The summed E-state index contributed by atoms with van der Waals surface area (Å²) in [5.74, 6) is 0.704. The Morgan fingerprint density at radius 3 is 2.16 bits per heavy atom. The number of hydrogen-bond acceptors (Lipinski definition) is 0. The fourth-order valence-electron chi connectivity index (χ4n) is 3.42. The van der Waals surface area contributed by atoms with Gasteiger partial charge in [0.25, 0.3) is 0 Å². The fourth-order valence-corrected chi connectivity index (χ4v) is 3.42. The molecule has 0 radical (unpaired) electrons. The Bertz CT molecular complexity index is 748. The summed E-state index contributed by atoms with van der Waals surface area (Å²) >= 11 is 0. The molecule has 1 atom stereocenters. The van der Waals surface area contributed by atoms with E-state index in [1.165, 1.54) is 33.9 Å². The van der Waals surface area contributed by atoms with E-state index in [-0.39, 0.29) is 10.8 Å². The van der Waals surface area contributed by atoms with E-state index in [9.17, 15) is 0 Å². The number of fused-ring (bicyclic) bond motifs is 1. The van der Waals surface area contributed by atoms with Crippen molar-refractivity contribution in [1.29, 1.82) is 0 Å². The highest BCUT2D eigenvalue weighted by Gasteiger charge is 2.25. The van der Waals surface area contributed by atoms with Crippen molar-refractivity contribution < 1.29 is 0 Å². The Morgan fingerprint density at radius 2 is 1.60 bits per heavy atom. The normalized spacial score (nSPS) is 14.8. The van der Waals surface area contributed by atoms with E-state index in [1.807, 2.05) is 0 Å². The van der Waals surface area contributed by atoms with Crippen LogP contribution in [0.2, 0.25) is 0 Å². The standard InChI is InChI=1S/C25H36/c1-9-18(2)16-20-15-14-19-12-10-11-13-21(19)23(20)22(25(6,7)8)17-24(3,4)5/h10-15,17-18H,9,16H2,1-8H3/t18-/m1/s1. The van der Waals surface area contributed by atoms with Crippen LogP contribution in [0.1, 0.15) is 72.9 Å². The first-order valence-corrected chi connectivity index (χ1v) is 9.77. The molecule has 2 aromatic rings. The zero-order chi connectivity index (χ0) is 18.8. The van der Waals surface area contributed by atoms with Crippen LogP contribution in [0.15, 0.2) is 42.5 Å². The maximum absolute atomic E-state index is 2.49. The van der Waals surface area contributed by atoms with Crippen molar-refractivity contribution in [1.82, 2.24) is 0 Å². The largest absolute Gasteiger partial charge is 0.0748 e. The minimum absolute atomic E-state index is 0.113. The lowest BCUT2D eigenvalue weighted by molar-refractivity contribution is 0.516. The maximum atomic E-state index is 2.49. The van der Waals surface area contributed by atoms with E-state index in [0.717, 1.165) is 6.42 Å². The molecule has 0 saturated heterocycles. The Morgan fingerprint density at radius 1 is 0.960 bits per heavy atom. The zero-order valence-corrected chi connectivity index (χ0v) is 17.5. The van der Waals surface area contributed by atoms with Gasteiger partial charge in [-0.05, 0) is 50.6 Å². The van der Waals surface area contributed by atoms with Crippen molar-refractivity contribution in [3.8, 4) is 0 Å². The monoisotopic (exact) mass is 336 g/mol. The summed E-state index contributed by atoms with van der Waals surface area (Å²) in [5, 5.41) is 2.74. The van der Waals surface area contributed by atoms with Crippen LogP contribution >= 0.6 is 0 Å². The second kappa shape index (κ2) is 7.36. The molecule has 0 heterocycles. The van der Waals surface area contributed by atoms with Crippen molar-refractivity contribution in [2.45, 2.75) is 68.2 Å². The molecule has 0 aliphatic heterocycles. The van der Waals surface area contributed by atoms with Gasteiger partial charge in [-0.1, -0.05) is 104 Å². The van der Waals surface area contributed by atoms with E-state index >= 15 is 0 Å². The van der Waals surface area contributed by atoms with Crippen molar-refractivity contribution in [2.24, 2.45) is 16.7 Å². The predicted molar refractivity (Wildman–Crippen MR) is 114 cm³/mol. The summed E-state index contributed by atoms with van der Waals surface area (Å²) in [6.45, 7) is 18.6. The second-order valence-corrected chi connectivity index (χ2v) is 9.71. The zero-order valence-electron chi connectivity index (χ0n) is 17.5. The first kappa shape index (κ1) is 19.8. The van der Waals surface area contributed by atoms with Gasteiger partial charge in [-0.15, -0.1) is 0 Å². The van der Waals surface area contributed by atoms with E-state index in [1.54, 1.807) is 0 Å². The molecule has 0 amide bonds. The molecular weight excluding hydrogens is 300 g/mol. The van der Waals surface area contributed by atoms with Crippen LogP contribution in [0.25, 0.3) is 16.3 Å². The molecule has 0 bridgehead atoms. The van der Waals surface area contributed by atoms with Crippen LogP contribution < -0.4 is 0 Å². The molecule has 0 N–H and O–H groups in total. The number of rotatable bonds is 4. The quantitative estimate of drug-likeness (QED) is 0.532. The van der Waals surface area contributed by atoms with E-state index in [0.29, 0.717) is 5.92 Å². The third kappa shape index (κ3) is 4.97. The van der Waals surface area contributed by atoms with Gasteiger partial charge in [0, 0.05) is 0 Å². The summed E-state index contributed by atoms with van der Waals surface area (Å²) in [6, 6.07) is 13.5. The summed E-state index contributed by atoms with van der Waals surface area (Å²) in [7, 11) is 0. The molecule has 0 fully saturated rings. The lowest BCUT2D eigenvalue weighted by atomic mass is 9.74. The number of allylic oxidation sites excluding steroid dienone is 2. The van der Waals surface area contributed by atoms with Gasteiger partial charge >= 0.3 is 0 Å². The molecule has 0 heteroatoms. The lowest BCUT2D eigenvalue weighted by Crippen LogP contribution is -2.15. The Labute approximate surface area is 155 Å². The van der Waals surface area contributed by atoms with Crippen molar-refractivity contribution >= 4 is 16.3 Å². The van der Waals surface area contributed by atoms with Crippen LogP contribution in [0, 0.1) is 16.7 Å². The van der Waals surface area contributed by atoms with Crippen LogP contribution in [0.3, 0.4) is 0 Å². The molecule has 0 aliphatic carbocycles. The third-order valence-electron chi connectivity index (χ3n) is 4.94.